The van der Waals surface area contributed by atoms with Crippen molar-refractivity contribution in [2.75, 3.05) is 5.75 Å². The zero-order valence-corrected chi connectivity index (χ0v) is 19.0. The molecule has 9 heteroatoms. The van der Waals surface area contributed by atoms with Gasteiger partial charge in [-0.1, -0.05) is 61.4 Å². The molecule has 3 aromatic rings. The van der Waals surface area contributed by atoms with Gasteiger partial charge in [0.2, 0.25) is 5.91 Å². The molecule has 172 valence electrons. The van der Waals surface area contributed by atoms with Gasteiger partial charge in [-0.05, 0) is 42.7 Å². The van der Waals surface area contributed by atoms with Crippen LogP contribution in [-0.2, 0) is 11.3 Å². The second-order valence-corrected chi connectivity index (χ2v) is 8.97. The highest BCUT2D eigenvalue weighted by Gasteiger charge is 2.19. The topological polar surface area (TPSA) is 88.9 Å². The number of carbonyl (C=O) groups is 2. The Hall–Kier alpha value is -3.20. The van der Waals surface area contributed by atoms with Gasteiger partial charge in [-0.15, -0.1) is 10.2 Å². The lowest BCUT2D eigenvalue weighted by Gasteiger charge is -2.22. The Bertz CT molecular complexity index is 1080. The van der Waals surface area contributed by atoms with Crippen molar-refractivity contribution in [1.82, 2.24) is 25.4 Å². The number of amides is 3. The SMILES string of the molecule is O=C(CSc1nnc(-c2ccc(F)cc2)n1Cc1ccccc1)NC(=O)NC1CCCCC1. The van der Waals surface area contributed by atoms with Crippen molar-refractivity contribution < 1.29 is 14.0 Å². The Morgan fingerprint density at radius 1 is 1.00 bits per heavy atom. The van der Waals surface area contributed by atoms with Crippen molar-refractivity contribution >= 4 is 23.7 Å². The molecule has 7 nitrogen and oxygen atoms in total. The maximum Gasteiger partial charge on any atom is 0.321 e. The molecule has 0 spiro atoms. The number of thioether (sulfide) groups is 1. The Balaban J connectivity index is 1.43. The normalized spacial score (nSPS) is 14.1. The molecule has 3 amide bonds. The number of nitrogens with one attached hydrogen (secondary N) is 2. The van der Waals surface area contributed by atoms with Gasteiger partial charge in [0.25, 0.3) is 0 Å². The summed E-state index contributed by atoms with van der Waals surface area (Å²) >= 11 is 1.20. The summed E-state index contributed by atoms with van der Waals surface area (Å²) < 4.78 is 15.3. The number of urea groups is 1. The Morgan fingerprint density at radius 2 is 1.73 bits per heavy atom. The molecular formula is C24H26FN5O2S. The summed E-state index contributed by atoms with van der Waals surface area (Å²) in [6.45, 7) is 0.493. The zero-order chi connectivity index (χ0) is 23.0. The number of nitrogens with zero attached hydrogens (tertiary/aromatic N) is 3. The third-order valence-corrected chi connectivity index (χ3v) is 6.50. The molecule has 0 bridgehead atoms. The number of hydrogen-bond donors (Lipinski definition) is 2. The lowest BCUT2D eigenvalue weighted by atomic mass is 9.96. The van der Waals surface area contributed by atoms with E-state index in [1.165, 1.54) is 30.3 Å². The third-order valence-electron chi connectivity index (χ3n) is 5.53. The minimum absolute atomic E-state index is 0.0222. The number of imide groups is 1. The number of halogens is 1. The molecule has 2 aromatic carbocycles. The molecule has 1 aliphatic rings. The van der Waals surface area contributed by atoms with Crippen LogP contribution in [0, 0.1) is 5.82 Å². The average molecular weight is 468 g/mol. The summed E-state index contributed by atoms with van der Waals surface area (Å²) in [5, 5.41) is 14.4. The molecule has 1 aliphatic carbocycles. The van der Waals surface area contributed by atoms with Crippen molar-refractivity contribution in [3.8, 4) is 11.4 Å². The van der Waals surface area contributed by atoms with E-state index in [1.54, 1.807) is 12.1 Å². The Kier molecular flexibility index (Phi) is 7.72. The zero-order valence-electron chi connectivity index (χ0n) is 18.2. The molecule has 0 aliphatic heterocycles. The summed E-state index contributed by atoms with van der Waals surface area (Å²) in [5.74, 6) is -0.123. The van der Waals surface area contributed by atoms with Crippen molar-refractivity contribution in [2.24, 2.45) is 0 Å². The summed E-state index contributed by atoms with van der Waals surface area (Å²) in [6.07, 6.45) is 5.29. The molecular weight excluding hydrogens is 441 g/mol. The van der Waals surface area contributed by atoms with Gasteiger partial charge < -0.3 is 5.32 Å². The summed E-state index contributed by atoms with van der Waals surface area (Å²) in [7, 11) is 0. The van der Waals surface area contributed by atoms with Gasteiger partial charge >= 0.3 is 6.03 Å². The van der Waals surface area contributed by atoms with Crippen molar-refractivity contribution in [3.05, 3.63) is 66.0 Å². The van der Waals surface area contributed by atoms with Crippen LogP contribution in [0.4, 0.5) is 9.18 Å². The van der Waals surface area contributed by atoms with Crippen LogP contribution in [0.2, 0.25) is 0 Å². The molecule has 0 radical (unpaired) electrons. The highest BCUT2D eigenvalue weighted by Crippen LogP contribution is 2.25. The highest BCUT2D eigenvalue weighted by molar-refractivity contribution is 7.99. The second kappa shape index (κ2) is 11.1. The van der Waals surface area contributed by atoms with Gasteiger partial charge in [-0.3, -0.25) is 14.7 Å². The quantitative estimate of drug-likeness (QED) is 0.504. The minimum atomic E-state index is -0.453. The van der Waals surface area contributed by atoms with Crippen LogP contribution in [-0.4, -0.2) is 38.5 Å². The third kappa shape index (κ3) is 6.41. The number of benzene rings is 2. The van der Waals surface area contributed by atoms with Crippen LogP contribution in [0.25, 0.3) is 11.4 Å². The predicted octanol–water partition coefficient (Wildman–Crippen LogP) is 4.38. The van der Waals surface area contributed by atoms with Gasteiger partial charge in [0.05, 0.1) is 12.3 Å². The second-order valence-electron chi connectivity index (χ2n) is 8.03. The molecule has 4 rings (SSSR count). The monoisotopic (exact) mass is 467 g/mol. The van der Waals surface area contributed by atoms with Gasteiger partial charge in [0.1, 0.15) is 5.82 Å². The fraction of sp³-hybridized carbons (Fsp3) is 0.333. The van der Waals surface area contributed by atoms with E-state index >= 15 is 0 Å². The van der Waals surface area contributed by atoms with E-state index in [4.69, 9.17) is 0 Å². The Labute approximate surface area is 196 Å². The summed E-state index contributed by atoms with van der Waals surface area (Å²) in [6, 6.07) is 15.5. The van der Waals surface area contributed by atoms with Crippen LogP contribution in [0.1, 0.15) is 37.7 Å². The number of hydrogen-bond acceptors (Lipinski definition) is 5. The molecule has 1 aromatic heterocycles. The fourth-order valence-electron chi connectivity index (χ4n) is 3.88. The van der Waals surface area contributed by atoms with Crippen LogP contribution in [0.3, 0.4) is 0 Å². The van der Waals surface area contributed by atoms with Gasteiger partial charge in [-0.25, -0.2) is 9.18 Å². The molecule has 0 unspecified atom stereocenters. The van der Waals surface area contributed by atoms with E-state index < -0.39 is 11.9 Å². The van der Waals surface area contributed by atoms with E-state index in [2.05, 4.69) is 20.8 Å². The first-order valence-corrected chi connectivity index (χ1v) is 12.0. The number of rotatable bonds is 7. The van der Waals surface area contributed by atoms with E-state index in [0.717, 1.165) is 36.8 Å². The molecule has 1 fully saturated rings. The van der Waals surface area contributed by atoms with Gasteiger partial charge in [0, 0.05) is 11.6 Å². The summed E-state index contributed by atoms with van der Waals surface area (Å²) in [5.41, 5.74) is 1.77. The van der Waals surface area contributed by atoms with E-state index in [-0.39, 0.29) is 17.6 Å². The average Bonchev–Trinajstić information content (AvgIpc) is 3.21. The number of carbonyl (C=O) groups excluding carboxylic acids is 2. The van der Waals surface area contributed by atoms with E-state index in [1.807, 2.05) is 34.9 Å². The van der Waals surface area contributed by atoms with Gasteiger partial charge in [0.15, 0.2) is 11.0 Å². The van der Waals surface area contributed by atoms with Crippen LogP contribution in [0.15, 0.2) is 59.8 Å². The largest absolute Gasteiger partial charge is 0.335 e. The van der Waals surface area contributed by atoms with Gasteiger partial charge in [-0.2, -0.15) is 0 Å². The first-order chi connectivity index (χ1) is 16.1. The molecule has 2 N–H and O–H groups in total. The number of aromatic nitrogens is 3. The molecule has 33 heavy (non-hydrogen) atoms. The smallest absolute Gasteiger partial charge is 0.321 e. The van der Waals surface area contributed by atoms with E-state index in [9.17, 15) is 14.0 Å². The molecule has 1 saturated carbocycles. The van der Waals surface area contributed by atoms with Crippen molar-refractivity contribution in [2.45, 2.75) is 49.8 Å². The van der Waals surface area contributed by atoms with Crippen LogP contribution < -0.4 is 10.6 Å². The highest BCUT2D eigenvalue weighted by atomic mass is 32.2. The minimum Gasteiger partial charge on any atom is -0.335 e. The lowest BCUT2D eigenvalue weighted by molar-refractivity contribution is -0.117. The maximum absolute atomic E-state index is 13.4. The van der Waals surface area contributed by atoms with Crippen molar-refractivity contribution in [1.29, 1.82) is 0 Å². The molecule has 0 atom stereocenters. The predicted molar refractivity (Wildman–Crippen MR) is 125 cm³/mol. The first-order valence-electron chi connectivity index (χ1n) is 11.0. The molecule has 0 saturated heterocycles. The maximum atomic E-state index is 13.4. The fourth-order valence-corrected chi connectivity index (χ4v) is 4.62. The van der Waals surface area contributed by atoms with Crippen LogP contribution >= 0.6 is 11.8 Å². The lowest BCUT2D eigenvalue weighted by Crippen LogP contribution is -2.45. The van der Waals surface area contributed by atoms with Crippen LogP contribution in [0.5, 0.6) is 0 Å². The van der Waals surface area contributed by atoms with Crippen molar-refractivity contribution in [3.63, 3.8) is 0 Å². The molecule has 1 heterocycles. The summed E-state index contributed by atoms with van der Waals surface area (Å²) in [4.78, 5) is 24.5. The first kappa shape index (κ1) is 23.0. The standard InChI is InChI=1S/C24H26FN5O2S/c25-19-13-11-18(12-14-19)22-28-29-24(30(22)15-17-7-3-1-4-8-17)33-16-21(31)27-23(32)26-20-9-5-2-6-10-20/h1,3-4,7-8,11-14,20H,2,5-6,9-10,15-16H2,(H2,26,27,31,32). The van der Waals surface area contributed by atoms with E-state index in [0.29, 0.717) is 17.5 Å². The Morgan fingerprint density at radius 3 is 2.45 bits per heavy atom.